The summed E-state index contributed by atoms with van der Waals surface area (Å²) in [7, 11) is 0. The average molecular weight is 234 g/mol. The van der Waals surface area contributed by atoms with Crippen molar-refractivity contribution in [2.45, 2.75) is 0 Å². The molecule has 0 bridgehead atoms. The van der Waals surface area contributed by atoms with E-state index in [1.807, 2.05) is 0 Å². The van der Waals surface area contributed by atoms with Gasteiger partial charge in [-0.1, -0.05) is 12.1 Å². The molecule has 1 aromatic carbocycles. The molecule has 0 amide bonds. The van der Waals surface area contributed by atoms with Crippen molar-refractivity contribution in [1.29, 1.82) is 0 Å². The molecular formula is C12H7FO2S. The summed E-state index contributed by atoms with van der Waals surface area (Å²) in [6, 6.07) is 8.87. The fraction of sp³-hybridized carbons (Fsp3) is 0. The van der Waals surface area contributed by atoms with Crippen LogP contribution in [0.5, 0.6) is 0 Å². The van der Waals surface area contributed by atoms with Crippen LogP contribution < -0.4 is 0 Å². The van der Waals surface area contributed by atoms with E-state index in [0.29, 0.717) is 16.0 Å². The fourth-order valence-corrected chi connectivity index (χ4v) is 2.09. The Kier molecular flexibility index (Phi) is 2.92. The number of aldehydes is 1. The van der Waals surface area contributed by atoms with Gasteiger partial charge in [-0.25, -0.2) is 4.39 Å². The molecule has 2 rings (SSSR count). The summed E-state index contributed by atoms with van der Waals surface area (Å²) in [6.45, 7) is 0. The molecule has 0 aliphatic rings. The van der Waals surface area contributed by atoms with Gasteiger partial charge in [-0.15, -0.1) is 11.3 Å². The lowest BCUT2D eigenvalue weighted by molar-refractivity contribution is 0.103. The van der Waals surface area contributed by atoms with Crippen LogP contribution in [0, 0.1) is 5.82 Å². The Balaban J connectivity index is 2.39. The van der Waals surface area contributed by atoms with Crippen molar-refractivity contribution in [1.82, 2.24) is 0 Å². The minimum absolute atomic E-state index is 0.0294. The maximum absolute atomic E-state index is 13.3. The van der Waals surface area contributed by atoms with Crippen molar-refractivity contribution in [3.63, 3.8) is 0 Å². The normalized spacial score (nSPS) is 10.1. The molecule has 1 heterocycles. The molecule has 0 saturated carbocycles. The molecule has 0 saturated heterocycles. The second kappa shape index (κ2) is 4.37. The number of hydrogen-bond donors (Lipinski definition) is 0. The molecule has 0 spiro atoms. The van der Waals surface area contributed by atoms with Gasteiger partial charge in [-0.05, 0) is 24.3 Å². The van der Waals surface area contributed by atoms with Gasteiger partial charge >= 0.3 is 0 Å². The molecule has 0 unspecified atom stereocenters. The Morgan fingerprint density at radius 1 is 1.19 bits per heavy atom. The van der Waals surface area contributed by atoms with Crippen LogP contribution in [0.2, 0.25) is 0 Å². The van der Waals surface area contributed by atoms with E-state index in [1.165, 1.54) is 24.3 Å². The number of carbonyl (C=O) groups is 2. The highest BCUT2D eigenvalue weighted by molar-refractivity contribution is 7.15. The van der Waals surface area contributed by atoms with Crippen LogP contribution in [0.4, 0.5) is 4.39 Å². The second-order valence-electron chi connectivity index (χ2n) is 3.13. The van der Waals surface area contributed by atoms with E-state index >= 15 is 0 Å². The van der Waals surface area contributed by atoms with Crippen LogP contribution in [-0.2, 0) is 0 Å². The van der Waals surface area contributed by atoms with Crippen molar-refractivity contribution in [3.8, 4) is 0 Å². The third-order valence-electron chi connectivity index (χ3n) is 2.09. The smallest absolute Gasteiger partial charge is 0.205 e. The van der Waals surface area contributed by atoms with Crippen molar-refractivity contribution in [2.24, 2.45) is 0 Å². The van der Waals surface area contributed by atoms with Gasteiger partial charge in [0.2, 0.25) is 5.78 Å². The summed E-state index contributed by atoms with van der Waals surface area (Å²) in [5.41, 5.74) is 0.0294. The predicted octanol–water partition coefficient (Wildman–Crippen LogP) is 2.93. The highest BCUT2D eigenvalue weighted by Crippen LogP contribution is 2.20. The molecule has 0 fully saturated rings. The molecule has 0 radical (unpaired) electrons. The minimum Gasteiger partial charge on any atom is -0.297 e. The van der Waals surface area contributed by atoms with E-state index in [2.05, 4.69) is 0 Å². The second-order valence-corrected chi connectivity index (χ2v) is 4.24. The lowest BCUT2D eigenvalue weighted by Crippen LogP contribution is -2.01. The van der Waals surface area contributed by atoms with Crippen molar-refractivity contribution >= 4 is 23.4 Å². The maximum atomic E-state index is 13.3. The number of rotatable bonds is 3. The quantitative estimate of drug-likeness (QED) is 0.604. The highest BCUT2D eigenvalue weighted by atomic mass is 32.1. The van der Waals surface area contributed by atoms with Gasteiger partial charge in [0.15, 0.2) is 6.29 Å². The molecule has 2 nitrogen and oxygen atoms in total. The minimum atomic E-state index is -0.548. The van der Waals surface area contributed by atoms with Crippen LogP contribution >= 0.6 is 11.3 Å². The van der Waals surface area contributed by atoms with E-state index in [0.717, 1.165) is 11.3 Å². The summed E-state index contributed by atoms with van der Waals surface area (Å²) >= 11 is 1.06. The fourth-order valence-electron chi connectivity index (χ4n) is 1.32. The standard InChI is InChI=1S/C12H7FO2S/c13-10-4-2-1-3-9(10)12(15)11-6-5-8(7-14)16-11/h1-7H. The van der Waals surface area contributed by atoms with Crippen LogP contribution in [-0.4, -0.2) is 12.1 Å². The SMILES string of the molecule is O=Cc1ccc(C(=O)c2ccccc2F)s1. The van der Waals surface area contributed by atoms with E-state index in [-0.39, 0.29) is 5.56 Å². The molecule has 16 heavy (non-hydrogen) atoms. The van der Waals surface area contributed by atoms with E-state index in [9.17, 15) is 14.0 Å². The van der Waals surface area contributed by atoms with Crippen molar-refractivity contribution in [2.75, 3.05) is 0 Å². The molecule has 0 aliphatic carbocycles. The molecule has 4 heteroatoms. The Hall–Kier alpha value is -1.81. The van der Waals surface area contributed by atoms with Gasteiger partial charge < -0.3 is 0 Å². The lowest BCUT2D eigenvalue weighted by Gasteiger charge is -1.98. The van der Waals surface area contributed by atoms with Crippen LogP contribution in [0.1, 0.15) is 24.9 Å². The van der Waals surface area contributed by atoms with E-state index < -0.39 is 11.6 Å². The molecule has 1 aromatic heterocycles. The predicted molar refractivity (Wildman–Crippen MR) is 59.5 cm³/mol. The van der Waals surface area contributed by atoms with Gasteiger partial charge in [0.25, 0.3) is 0 Å². The Morgan fingerprint density at radius 3 is 2.56 bits per heavy atom. The summed E-state index contributed by atoms with van der Waals surface area (Å²) < 4.78 is 13.3. The highest BCUT2D eigenvalue weighted by Gasteiger charge is 2.15. The van der Waals surface area contributed by atoms with E-state index in [1.54, 1.807) is 12.1 Å². The first-order valence-corrected chi connectivity index (χ1v) is 5.38. The number of carbonyl (C=O) groups excluding carboxylic acids is 2. The van der Waals surface area contributed by atoms with E-state index in [4.69, 9.17) is 0 Å². The number of hydrogen-bond acceptors (Lipinski definition) is 3. The number of thiophene rings is 1. The van der Waals surface area contributed by atoms with Gasteiger partial charge in [0.1, 0.15) is 5.82 Å². The van der Waals surface area contributed by atoms with Crippen molar-refractivity contribution in [3.05, 3.63) is 57.5 Å². The third kappa shape index (κ3) is 1.92. The lowest BCUT2D eigenvalue weighted by atomic mass is 10.1. The molecule has 80 valence electrons. The molecule has 0 N–H and O–H groups in total. The van der Waals surface area contributed by atoms with Gasteiger partial charge in [0.05, 0.1) is 15.3 Å². The zero-order chi connectivity index (χ0) is 11.5. The molecular weight excluding hydrogens is 227 g/mol. The van der Waals surface area contributed by atoms with Gasteiger partial charge in [0, 0.05) is 0 Å². The third-order valence-corrected chi connectivity index (χ3v) is 3.09. The summed E-state index contributed by atoms with van der Waals surface area (Å²) in [4.78, 5) is 23.1. The maximum Gasteiger partial charge on any atom is 0.205 e. The summed E-state index contributed by atoms with van der Waals surface area (Å²) in [6.07, 6.45) is 0.669. The molecule has 2 aromatic rings. The monoisotopic (exact) mass is 234 g/mol. The van der Waals surface area contributed by atoms with Gasteiger partial charge in [-0.3, -0.25) is 9.59 Å². The molecule has 0 aliphatic heterocycles. The number of ketones is 1. The number of halogens is 1. The zero-order valence-corrected chi connectivity index (χ0v) is 8.96. The topological polar surface area (TPSA) is 34.1 Å². The van der Waals surface area contributed by atoms with Crippen molar-refractivity contribution < 1.29 is 14.0 Å². The zero-order valence-electron chi connectivity index (χ0n) is 8.14. The first-order chi connectivity index (χ1) is 7.72. The first-order valence-electron chi connectivity index (χ1n) is 4.56. The Bertz CT molecular complexity index is 545. The Morgan fingerprint density at radius 2 is 1.94 bits per heavy atom. The van der Waals surface area contributed by atoms with Crippen LogP contribution in [0.25, 0.3) is 0 Å². The first kappa shape index (κ1) is 10.7. The summed E-state index contributed by atoms with van der Waals surface area (Å²) in [5.74, 6) is -0.940. The molecule has 0 atom stereocenters. The Labute approximate surface area is 95.3 Å². The number of benzene rings is 1. The van der Waals surface area contributed by atoms with Gasteiger partial charge in [-0.2, -0.15) is 0 Å². The largest absolute Gasteiger partial charge is 0.297 e. The van der Waals surface area contributed by atoms with Crippen LogP contribution in [0.3, 0.4) is 0 Å². The van der Waals surface area contributed by atoms with Crippen LogP contribution in [0.15, 0.2) is 36.4 Å². The summed E-state index contributed by atoms with van der Waals surface area (Å²) in [5, 5.41) is 0. The average Bonchev–Trinajstić information content (AvgIpc) is 2.77.